The Morgan fingerprint density at radius 3 is 2.50 bits per heavy atom. The number of aliphatic carboxylic acids is 1. The van der Waals surface area contributed by atoms with E-state index in [4.69, 9.17) is 14.6 Å². The lowest BCUT2D eigenvalue weighted by Crippen LogP contribution is -2.04. The Morgan fingerprint density at radius 2 is 2.07 bits per heavy atom. The summed E-state index contributed by atoms with van der Waals surface area (Å²) in [5.41, 5.74) is 0.873. The Balaban J connectivity index is 2.08. The summed E-state index contributed by atoms with van der Waals surface area (Å²) in [5, 5.41) is 8.64. The molecule has 1 aromatic rings. The first-order valence-corrected chi connectivity index (χ1v) is 4.24. The van der Waals surface area contributed by atoms with Gasteiger partial charge in [-0.1, -0.05) is 12.1 Å². The summed E-state index contributed by atoms with van der Waals surface area (Å²) < 4.78 is 9.98. The number of rotatable bonds is 3. The van der Waals surface area contributed by atoms with Gasteiger partial charge in [0.1, 0.15) is 11.9 Å². The van der Waals surface area contributed by atoms with Crippen molar-refractivity contribution in [3.05, 3.63) is 29.8 Å². The molecule has 4 nitrogen and oxygen atoms in total. The molecule has 1 N–H and O–H groups in total. The van der Waals surface area contributed by atoms with E-state index in [9.17, 15) is 4.79 Å². The highest BCUT2D eigenvalue weighted by Gasteiger charge is 2.46. The number of benzene rings is 1. The number of epoxide rings is 1. The van der Waals surface area contributed by atoms with E-state index in [0.29, 0.717) is 0 Å². The van der Waals surface area contributed by atoms with E-state index in [1.807, 2.05) is 12.1 Å². The van der Waals surface area contributed by atoms with E-state index >= 15 is 0 Å². The van der Waals surface area contributed by atoms with Crippen LogP contribution >= 0.6 is 0 Å². The summed E-state index contributed by atoms with van der Waals surface area (Å²) >= 11 is 0. The Hall–Kier alpha value is -1.55. The molecule has 0 aromatic heterocycles. The van der Waals surface area contributed by atoms with Crippen LogP contribution in [-0.2, 0) is 9.53 Å². The van der Waals surface area contributed by atoms with E-state index in [1.54, 1.807) is 19.2 Å². The van der Waals surface area contributed by atoms with E-state index < -0.39 is 12.1 Å². The van der Waals surface area contributed by atoms with Gasteiger partial charge in [-0.15, -0.1) is 0 Å². The molecule has 0 aliphatic carbocycles. The molecule has 0 unspecified atom stereocenters. The Bertz CT molecular complexity index is 344. The highest BCUT2D eigenvalue weighted by Crippen LogP contribution is 2.39. The highest BCUT2D eigenvalue weighted by molar-refractivity contribution is 5.76. The molecule has 2 rings (SSSR count). The second kappa shape index (κ2) is 3.31. The predicted octanol–water partition coefficient (Wildman–Crippen LogP) is 1.22. The zero-order chi connectivity index (χ0) is 10.1. The number of hydrogen-bond donors (Lipinski definition) is 1. The summed E-state index contributed by atoms with van der Waals surface area (Å²) in [5.74, 6) is -0.160. The van der Waals surface area contributed by atoms with Gasteiger partial charge in [-0.3, -0.25) is 0 Å². The van der Waals surface area contributed by atoms with Crippen molar-refractivity contribution in [3.8, 4) is 5.75 Å². The fourth-order valence-electron chi connectivity index (χ4n) is 1.35. The van der Waals surface area contributed by atoms with Gasteiger partial charge >= 0.3 is 5.97 Å². The molecular weight excluding hydrogens is 184 g/mol. The topological polar surface area (TPSA) is 59.1 Å². The maximum absolute atomic E-state index is 10.5. The molecule has 0 spiro atoms. The molecule has 4 heteroatoms. The number of carbonyl (C=O) groups is 1. The summed E-state index contributed by atoms with van der Waals surface area (Å²) in [6.45, 7) is 0. The number of carboxylic acid groups (broad SMARTS) is 1. The number of ether oxygens (including phenoxy) is 2. The smallest absolute Gasteiger partial charge is 0.335 e. The van der Waals surface area contributed by atoms with Crippen molar-refractivity contribution in [2.24, 2.45) is 0 Å². The molecule has 1 aliphatic heterocycles. The lowest BCUT2D eigenvalue weighted by Gasteiger charge is -1.99. The third-order valence-electron chi connectivity index (χ3n) is 2.18. The first-order chi connectivity index (χ1) is 6.72. The van der Waals surface area contributed by atoms with Crippen LogP contribution in [-0.4, -0.2) is 24.3 Å². The first-order valence-electron chi connectivity index (χ1n) is 4.24. The van der Waals surface area contributed by atoms with Crippen LogP contribution in [0.2, 0.25) is 0 Å². The van der Waals surface area contributed by atoms with Crippen molar-refractivity contribution in [1.82, 2.24) is 0 Å². The van der Waals surface area contributed by atoms with Crippen LogP contribution in [0.4, 0.5) is 0 Å². The average molecular weight is 194 g/mol. The van der Waals surface area contributed by atoms with Crippen LogP contribution in [0.3, 0.4) is 0 Å². The zero-order valence-corrected chi connectivity index (χ0v) is 7.64. The first kappa shape index (κ1) is 9.02. The van der Waals surface area contributed by atoms with Gasteiger partial charge in [-0.2, -0.15) is 0 Å². The normalized spacial score (nSPS) is 24.4. The second-order valence-electron chi connectivity index (χ2n) is 3.09. The summed E-state index contributed by atoms with van der Waals surface area (Å²) in [4.78, 5) is 10.5. The standard InChI is InChI=1S/C10H10O4/c1-13-7-4-2-6(3-5-7)8-9(14-8)10(11)12/h2-5,8-9H,1H3,(H,11,12)/t8-,9-/m0/s1. The van der Waals surface area contributed by atoms with Crippen molar-refractivity contribution < 1.29 is 19.4 Å². The summed E-state index contributed by atoms with van der Waals surface area (Å²) in [7, 11) is 1.59. The van der Waals surface area contributed by atoms with Gasteiger partial charge in [-0.05, 0) is 17.7 Å². The maximum Gasteiger partial charge on any atom is 0.335 e. The van der Waals surface area contributed by atoms with Crippen molar-refractivity contribution in [1.29, 1.82) is 0 Å². The van der Waals surface area contributed by atoms with Crippen LogP contribution in [0.25, 0.3) is 0 Å². The van der Waals surface area contributed by atoms with Crippen molar-refractivity contribution in [2.75, 3.05) is 7.11 Å². The van der Waals surface area contributed by atoms with Crippen LogP contribution in [0.5, 0.6) is 5.75 Å². The molecule has 1 saturated heterocycles. The van der Waals surface area contributed by atoms with Crippen LogP contribution in [0.15, 0.2) is 24.3 Å². The van der Waals surface area contributed by atoms with Crippen molar-refractivity contribution in [3.63, 3.8) is 0 Å². The SMILES string of the molecule is COc1ccc([C@@H]2O[C@@H]2C(=O)O)cc1. The number of carboxylic acids is 1. The minimum absolute atomic E-state index is 0.293. The molecule has 14 heavy (non-hydrogen) atoms. The van der Waals surface area contributed by atoms with E-state index in [-0.39, 0.29) is 6.10 Å². The number of methoxy groups -OCH3 is 1. The minimum atomic E-state index is -0.911. The van der Waals surface area contributed by atoms with Crippen LogP contribution in [0, 0.1) is 0 Å². The molecule has 0 saturated carbocycles. The second-order valence-corrected chi connectivity index (χ2v) is 3.09. The molecule has 1 aromatic carbocycles. The molecule has 74 valence electrons. The average Bonchev–Trinajstić information content (AvgIpc) is 2.97. The van der Waals surface area contributed by atoms with E-state index in [1.165, 1.54) is 0 Å². The molecule has 0 amide bonds. The van der Waals surface area contributed by atoms with E-state index in [2.05, 4.69) is 0 Å². The van der Waals surface area contributed by atoms with Crippen LogP contribution < -0.4 is 4.74 Å². The molecular formula is C10H10O4. The lowest BCUT2D eigenvalue weighted by molar-refractivity contribution is -0.138. The molecule has 1 fully saturated rings. The third-order valence-corrected chi connectivity index (χ3v) is 2.18. The third kappa shape index (κ3) is 1.56. The van der Waals surface area contributed by atoms with Gasteiger partial charge in [0, 0.05) is 0 Å². The lowest BCUT2D eigenvalue weighted by atomic mass is 10.1. The van der Waals surface area contributed by atoms with E-state index in [0.717, 1.165) is 11.3 Å². The Kier molecular flexibility index (Phi) is 2.13. The summed E-state index contributed by atoms with van der Waals surface area (Å²) in [6.07, 6.45) is -0.971. The fourth-order valence-corrected chi connectivity index (χ4v) is 1.35. The monoisotopic (exact) mass is 194 g/mol. The summed E-state index contributed by atoms with van der Waals surface area (Å²) in [6, 6.07) is 7.20. The molecule has 0 bridgehead atoms. The van der Waals surface area contributed by atoms with Gasteiger partial charge in [0.2, 0.25) is 0 Å². The Labute approximate surface area is 81.1 Å². The van der Waals surface area contributed by atoms with Gasteiger partial charge in [0.05, 0.1) is 7.11 Å². The van der Waals surface area contributed by atoms with Gasteiger partial charge in [0.25, 0.3) is 0 Å². The van der Waals surface area contributed by atoms with Gasteiger partial charge in [-0.25, -0.2) is 4.79 Å². The zero-order valence-electron chi connectivity index (χ0n) is 7.64. The predicted molar refractivity (Wildman–Crippen MR) is 48.2 cm³/mol. The largest absolute Gasteiger partial charge is 0.497 e. The van der Waals surface area contributed by atoms with Crippen molar-refractivity contribution in [2.45, 2.75) is 12.2 Å². The number of hydrogen-bond acceptors (Lipinski definition) is 3. The molecule has 2 atom stereocenters. The van der Waals surface area contributed by atoms with Gasteiger partial charge < -0.3 is 14.6 Å². The van der Waals surface area contributed by atoms with Crippen LogP contribution in [0.1, 0.15) is 11.7 Å². The molecule has 1 heterocycles. The van der Waals surface area contributed by atoms with Gasteiger partial charge in [0.15, 0.2) is 6.10 Å². The quantitative estimate of drug-likeness (QED) is 0.735. The maximum atomic E-state index is 10.5. The minimum Gasteiger partial charge on any atom is -0.497 e. The van der Waals surface area contributed by atoms with Crippen molar-refractivity contribution >= 4 is 5.97 Å². The molecule has 1 aliphatic rings. The Morgan fingerprint density at radius 1 is 1.43 bits per heavy atom. The molecule has 0 radical (unpaired) electrons. The fraction of sp³-hybridized carbons (Fsp3) is 0.300. The highest BCUT2D eigenvalue weighted by atomic mass is 16.6.